The number of ether oxygens (including phenoxy) is 1. The van der Waals surface area contributed by atoms with Crippen LogP contribution in [0.2, 0.25) is 0 Å². The highest BCUT2D eigenvalue weighted by molar-refractivity contribution is 9.10. The van der Waals surface area contributed by atoms with Crippen LogP contribution in [0.25, 0.3) is 0 Å². The standard InChI is InChI=1S/C12H9BrFNO2/c1-17-11(16)8-3-2-7(13)4-9(8)12(6-15)5-10(12)14/h2-4,10H,5H2,1H3/t10-,12?/m1/s1. The monoisotopic (exact) mass is 297 g/mol. The van der Waals surface area contributed by atoms with Gasteiger partial charge in [0.1, 0.15) is 11.6 Å². The van der Waals surface area contributed by atoms with E-state index in [-0.39, 0.29) is 12.0 Å². The highest BCUT2D eigenvalue weighted by Crippen LogP contribution is 2.51. The fourth-order valence-electron chi connectivity index (χ4n) is 1.85. The van der Waals surface area contributed by atoms with Gasteiger partial charge in [0.2, 0.25) is 0 Å². The number of nitrogens with zero attached hydrogens (tertiary/aromatic N) is 1. The molecule has 2 atom stereocenters. The van der Waals surface area contributed by atoms with Gasteiger partial charge in [-0.1, -0.05) is 15.9 Å². The second-order valence-electron chi connectivity index (χ2n) is 3.94. The van der Waals surface area contributed by atoms with Gasteiger partial charge in [0.05, 0.1) is 18.7 Å². The largest absolute Gasteiger partial charge is 0.465 e. The van der Waals surface area contributed by atoms with Gasteiger partial charge in [-0.3, -0.25) is 0 Å². The Balaban J connectivity index is 2.57. The van der Waals surface area contributed by atoms with E-state index in [0.29, 0.717) is 10.0 Å². The fraction of sp³-hybridized carbons (Fsp3) is 0.333. The first-order chi connectivity index (χ1) is 8.05. The van der Waals surface area contributed by atoms with Crippen LogP contribution < -0.4 is 0 Å². The van der Waals surface area contributed by atoms with Crippen molar-refractivity contribution in [3.05, 3.63) is 33.8 Å². The van der Waals surface area contributed by atoms with Crippen molar-refractivity contribution in [2.75, 3.05) is 7.11 Å². The number of esters is 1. The summed E-state index contributed by atoms with van der Waals surface area (Å²) in [6.45, 7) is 0. The van der Waals surface area contributed by atoms with Gasteiger partial charge in [0, 0.05) is 10.9 Å². The Bertz CT molecular complexity index is 526. The van der Waals surface area contributed by atoms with E-state index in [0.717, 1.165) is 0 Å². The molecule has 1 aromatic carbocycles. The van der Waals surface area contributed by atoms with E-state index in [9.17, 15) is 9.18 Å². The average molecular weight is 298 g/mol. The van der Waals surface area contributed by atoms with Crippen molar-refractivity contribution in [1.29, 1.82) is 5.26 Å². The van der Waals surface area contributed by atoms with E-state index in [2.05, 4.69) is 20.7 Å². The topological polar surface area (TPSA) is 50.1 Å². The number of carbonyl (C=O) groups is 1. The third-order valence-electron chi connectivity index (χ3n) is 2.94. The number of methoxy groups -OCH3 is 1. The summed E-state index contributed by atoms with van der Waals surface area (Å²) in [6.07, 6.45) is -1.09. The van der Waals surface area contributed by atoms with Crippen LogP contribution in [0, 0.1) is 11.3 Å². The molecule has 0 aliphatic heterocycles. The lowest BCUT2D eigenvalue weighted by Gasteiger charge is -2.12. The zero-order chi connectivity index (χ0) is 12.6. The number of alkyl halides is 1. The Labute approximate surface area is 106 Å². The number of carbonyl (C=O) groups excluding carboxylic acids is 1. The fourth-order valence-corrected chi connectivity index (χ4v) is 2.21. The van der Waals surface area contributed by atoms with E-state index < -0.39 is 17.6 Å². The van der Waals surface area contributed by atoms with Gasteiger partial charge >= 0.3 is 5.97 Å². The number of hydrogen-bond acceptors (Lipinski definition) is 3. The number of benzene rings is 1. The van der Waals surface area contributed by atoms with Crippen molar-refractivity contribution in [1.82, 2.24) is 0 Å². The van der Waals surface area contributed by atoms with E-state index in [4.69, 9.17) is 5.26 Å². The second-order valence-corrected chi connectivity index (χ2v) is 4.85. The van der Waals surface area contributed by atoms with Crippen molar-refractivity contribution in [3.8, 4) is 6.07 Å². The summed E-state index contributed by atoms with van der Waals surface area (Å²) in [7, 11) is 1.26. The quantitative estimate of drug-likeness (QED) is 0.789. The van der Waals surface area contributed by atoms with Crippen LogP contribution in [0.1, 0.15) is 22.3 Å². The molecule has 1 unspecified atom stereocenters. The first-order valence-corrected chi connectivity index (χ1v) is 5.78. The van der Waals surface area contributed by atoms with Gasteiger partial charge in [0.15, 0.2) is 0 Å². The second kappa shape index (κ2) is 4.11. The molecular weight excluding hydrogens is 289 g/mol. The molecule has 2 rings (SSSR count). The average Bonchev–Trinajstić information content (AvgIpc) is 3.00. The highest BCUT2D eigenvalue weighted by atomic mass is 79.9. The summed E-state index contributed by atoms with van der Waals surface area (Å²) in [4.78, 5) is 11.6. The highest BCUT2D eigenvalue weighted by Gasteiger charge is 2.59. The number of hydrogen-bond donors (Lipinski definition) is 0. The molecule has 1 aromatic rings. The first-order valence-electron chi connectivity index (χ1n) is 4.99. The number of nitriles is 1. The maximum absolute atomic E-state index is 13.4. The van der Waals surface area contributed by atoms with Crippen LogP contribution in [-0.2, 0) is 10.2 Å². The summed E-state index contributed by atoms with van der Waals surface area (Å²) >= 11 is 3.25. The van der Waals surface area contributed by atoms with Crippen LogP contribution in [0.5, 0.6) is 0 Å². The normalized spacial score (nSPS) is 26.1. The van der Waals surface area contributed by atoms with Crippen LogP contribution in [0.3, 0.4) is 0 Å². The molecule has 0 amide bonds. The summed E-state index contributed by atoms with van der Waals surface area (Å²) in [5.74, 6) is -0.554. The Hall–Kier alpha value is -1.41. The van der Waals surface area contributed by atoms with Crippen molar-refractivity contribution in [2.24, 2.45) is 0 Å². The minimum Gasteiger partial charge on any atom is -0.465 e. The zero-order valence-corrected chi connectivity index (χ0v) is 10.6. The molecule has 0 heterocycles. The van der Waals surface area contributed by atoms with E-state index in [1.54, 1.807) is 12.1 Å². The predicted molar refractivity (Wildman–Crippen MR) is 62.3 cm³/mol. The minimum atomic E-state index is -1.22. The zero-order valence-electron chi connectivity index (χ0n) is 9.04. The molecule has 0 N–H and O–H groups in total. The summed E-state index contributed by atoms with van der Waals surface area (Å²) < 4.78 is 18.7. The molecule has 0 radical (unpaired) electrons. The first kappa shape index (κ1) is 12.1. The lowest BCUT2D eigenvalue weighted by atomic mass is 9.92. The molecular formula is C12H9BrFNO2. The minimum absolute atomic E-state index is 0.129. The predicted octanol–water partition coefficient (Wildman–Crippen LogP) is 2.74. The molecule has 88 valence electrons. The Morgan fingerprint density at radius 2 is 2.35 bits per heavy atom. The molecule has 1 saturated carbocycles. The summed E-state index contributed by atoms with van der Waals surface area (Å²) in [5.41, 5.74) is -0.543. The molecule has 3 nitrogen and oxygen atoms in total. The SMILES string of the molecule is COC(=O)c1ccc(Br)cc1C1(C#N)C[C@H]1F. The Morgan fingerprint density at radius 1 is 1.71 bits per heavy atom. The van der Waals surface area contributed by atoms with Crippen LogP contribution in [0.4, 0.5) is 4.39 Å². The smallest absolute Gasteiger partial charge is 0.338 e. The molecule has 17 heavy (non-hydrogen) atoms. The molecule has 1 aliphatic rings. The third kappa shape index (κ3) is 1.83. The molecule has 0 bridgehead atoms. The van der Waals surface area contributed by atoms with Gasteiger partial charge < -0.3 is 4.74 Å². The van der Waals surface area contributed by atoms with Crippen LogP contribution in [-0.4, -0.2) is 19.3 Å². The lowest BCUT2D eigenvalue weighted by Crippen LogP contribution is -2.15. The molecule has 0 aromatic heterocycles. The van der Waals surface area contributed by atoms with E-state index in [1.807, 2.05) is 6.07 Å². The van der Waals surface area contributed by atoms with Gasteiger partial charge in [-0.2, -0.15) is 5.26 Å². The van der Waals surface area contributed by atoms with Crippen molar-refractivity contribution < 1.29 is 13.9 Å². The third-order valence-corrected chi connectivity index (χ3v) is 3.44. The molecule has 0 saturated heterocycles. The lowest BCUT2D eigenvalue weighted by molar-refractivity contribution is 0.0599. The van der Waals surface area contributed by atoms with Crippen LogP contribution in [0.15, 0.2) is 22.7 Å². The summed E-state index contributed by atoms with van der Waals surface area (Å²) in [6, 6.07) is 6.77. The van der Waals surface area contributed by atoms with Gasteiger partial charge in [-0.05, 0) is 23.8 Å². The maximum Gasteiger partial charge on any atom is 0.338 e. The maximum atomic E-state index is 13.4. The van der Waals surface area contributed by atoms with E-state index in [1.165, 1.54) is 13.2 Å². The summed E-state index contributed by atoms with van der Waals surface area (Å²) in [5, 5.41) is 9.09. The molecule has 1 aliphatic carbocycles. The van der Waals surface area contributed by atoms with Gasteiger partial charge in [-0.15, -0.1) is 0 Å². The van der Waals surface area contributed by atoms with E-state index >= 15 is 0 Å². The molecule has 1 fully saturated rings. The number of rotatable bonds is 2. The van der Waals surface area contributed by atoms with Gasteiger partial charge in [0.25, 0.3) is 0 Å². The molecule has 0 spiro atoms. The Kier molecular flexibility index (Phi) is 2.92. The van der Waals surface area contributed by atoms with Crippen LogP contribution >= 0.6 is 15.9 Å². The van der Waals surface area contributed by atoms with Crippen molar-refractivity contribution >= 4 is 21.9 Å². The van der Waals surface area contributed by atoms with Crippen molar-refractivity contribution in [3.63, 3.8) is 0 Å². The molecule has 5 heteroatoms. The van der Waals surface area contributed by atoms with Gasteiger partial charge in [-0.25, -0.2) is 9.18 Å². The number of halogens is 2. The van der Waals surface area contributed by atoms with Crippen molar-refractivity contribution in [2.45, 2.75) is 18.0 Å². The Morgan fingerprint density at radius 3 is 2.82 bits per heavy atom.